The molecule has 0 fully saturated rings. The van der Waals surface area contributed by atoms with Crippen molar-refractivity contribution in [2.24, 2.45) is 0 Å². The van der Waals surface area contributed by atoms with Gasteiger partial charge in [0.1, 0.15) is 0 Å². The van der Waals surface area contributed by atoms with E-state index in [4.69, 9.17) is 4.98 Å². The molecular weight excluding hydrogens is 170 g/mol. The Morgan fingerprint density at radius 2 is 2.07 bits per heavy atom. The molecule has 2 rings (SSSR count). The van der Waals surface area contributed by atoms with Crippen LogP contribution in [0, 0.1) is 0 Å². The van der Waals surface area contributed by atoms with Gasteiger partial charge in [0.25, 0.3) is 0 Å². The van der Waals surface area contributed by atoms with E-state index in [0.29, 0.717) is 5.92 Å². The molecule has 0 N–H and O–H groups in total. The van der Waals surface area contributed by atoms with Crippen molar-refractivity contribution in [1.29, 1.82) is 0 Å². The van der Waals surface area contributed by atoms with E-state index in [0.717, 1.165) is 0 Å². The number of hydrogen-bond acceptors (Lipinski definition) is 1. The van der Waals surface area contributed by atoms with Crippen molar-refractivity contribution in [2.75, 3.05) is 0 Å². The first kappa shape index (κ1) is 9.70. The third-order valence-corrected chi connectivity index (χ3v) is 3.32. The highest BCUT2D eigenvalue weighted by Gasteiger charge is 2.12. The standard InChI is InChI=1S/C13H19N/c1-3-10(2)12-9-8-11-6-4-5-7-13(11)14-12/h8-10H,3-7H2,1-2H3. The van der Waals surface area contributed by atoms with Crippen LogP contribution in [0.3, 0.4) is 0 Å². The van der Waals surface area contributed by atoms with Gasteiger partial charge in [-0.1, -0.05) is 19.9 Å². The molecule has 1 aromatic rings. The van der Waals surface area contributed by atoms with Crippen LogP contribution in [-0.4, -0.2) is 4.98 Å². The number of hydrogen-bond donors (Lipinski definition) is 0. The fourth-order valence-corrected chi connectivity index (χ4v) is 2.08. The summed E-state index contributed by atoms with van der Waals surface area (Å²) in [6, 6.07) is 4.52. The zero-order chi connectivity index (χ0) is 9.97. The van der Waals surface area contributed by atoms with Gasteiger partial charge in [-0.2, -0.15) is 0 Å². The first-order valence-corrected chi connectivity index (χ1v) is 5.80. The topological polar surface area (TPSA) is 12.9 Å². The van der Waals surface area contributed by atoms with Crippen LogP contribution in [0.15, 0.2) is 12.1 Å². The van der Waals surface area contributed by atoms with Crippen molar-refractivity contribution in [3.05, 3.63) is 29.1 Å². The van der Waals surface area contributed by atoms with E-state index in [-0.39, 0.29) is 0 Å². The van der Waals surface area contributed by atoms with E-state index in [2.05, 4.69) is 26.0 Å². The second-order valence-corrected chi connectivity index (χ2v) is 4.36. The van der Waals surface area contributed by atoms with Crippen molar-refractivity contribution < 1.29 is 0 Å². The highest BCUT2D eigenvalue weighted by Crippen LogP contribution is 2.23. The van der Waals surface area contributed by atoms with Gasteiger partial charge in [-0.25, -0.2) is 0 Å². The van der Waals surface area contributed by atoms with E-state index in [1.54, 1.807) is 0 Å². The Labute approximate surface area is 86.6 Å². The molecule has 0 saturated heterocycles. The van der Waals surface area contributed by atoms with Gasteiger partial charge >= 0.3 is 0 Å². The van der Waals surface area contributed by atoms with Gasteiger partial charge in [0.05, 0.1) is 0 Å². The summed E-state index contributed by atoms with van der Waals surface area (Å²) < 4.78 is 0. The van der Waals surface area contributed by atoms with Crippen LogP contribution in [-0.2, 0) is 12.8 Å². The van der Waals surface area contributed by atoms with Gasteiger partial charge in [0.2, 0.25) is 0 Å². The molecule has 14 heavy (non-hydrogen) atoms. The molecule has 1 aliphatic carbocycles. The van der Waals surface area contributed by atoms with Crippen molar-refractivity contribution in [3.63, 3.8) is 0 Å². The predicted octanol–water partition coefficient (Wildman–Crippen LogP) is 3.47. The van der Waals surface area contributed by atoms with E-state index in [1.807, 2.05) is 0 Å². The maximum Gasteiger partial charge on any atom is 0.0438 e. The minimum atomic E-state index is 0.613. The SMILES string of the molecule is CCC(C)c1ccc2c(n1)CCCC2. The molecule has 1 heterocycles. The van der Waals surface area contributed by atoms with Gasteiger partial charge < -0.3 is 0 Å². The lowest BCUT2D eigenvalue weighted by atomic mass is 9.94. The molecule has 1 unspecified atom stereocenters. The van der Waals surface area contributed by atoms with Gasteiger partial charge in [-0.05, 0) is 49.7 Å². The van der Waals surface area contributed by atoms with Gasteiger partial charge in [-0.15, -0.1) is 0 Å². The molecule has 1 aromatic heterocycles. The lowest BCUT2D eigenvalue weighted by Crippen LogP contribution is -2.08. The van der Waals surface area contributed by atoms with Crippen molar-refractivity contribution >= 4 is 0 Å². The average molecular weight is 189 g/mol. The van der Waals surface area contributed by atoms with Gasteiger partial charge in [0, 0.05) is 11.4 Å². The minimum Gasteiger partial charge on any atom is -0.257 e. The zero-order valence-corrected chi connectivity index (χ0v) is 9.21. The summed E-state index contributed by atoms with van der Waals surface area (Å²) in [5.74, 6) is 0.613. The molecule has 0 radical (unpaired) electrons. The van der Waals surface area contributed by atoms with E-state index < -0.39 is 0 Å². The minimum absolute atomic E-state index is 0.613. The van der Waals surface area contributed by atoms with Crippen molar-refractivity contribution in [1.82, 2.24) is 4.98 Å². The van der Waals surface area contributed by atoms with Crippen LogP contribution in [0.1, 0.15) is 56.0 Å². The van der Waals surface area contributed by atoms with Crippen LogP contribution in [0.5, 0.6) is 0 Å². The van der Waals surface area contributed by atoms with Gasteiger partial charge in [0.15, 0.2) is 0 Å². The molecular formula is C13H19N. The van der Waals surface area contributed by atoms with E-state index in [9.17, 15) is 0 Å². The van der Waals surface area contributed by atoms with Crippen LogP contribution >= 0.6 is 0 Å². The number of nitrogens with zero attached hydrogens (tertiary/aromatic N) is 1. The molecule has 0 spiro atoms. The maximum atomic E-state index is 4.78. The number of pyridine rings is 1. The number of aryl methyl sites for hydroxylation is 2. The summed E-state index contributed by atoms with van der Waals surface area (Å²) in [4.78, 5) is 4.78. The molecule has 0 aliphatic heterocycles. The normalized spacial score (nSPS) is 17.6. The van der Waals surface area contributed by atoms with E-state index in [1.165, 1.54) is 49.1 Å². The van der Waals surface area contributed by atoms with Crippen LogP contribution in [0.25, 0.3) is 0 Å². The fourth-order valence-electron chi connectivity index (χ4n) is 2.08. The second-order valence-electron chi connectivity index (χ2n) is 4.36. The molecule has 0 bridgehead atoms. The van der Waals surface area contributed by atoms with Crippen molar-refractivity contribution in [2.45, 2.75) is 51.9 Å². The Bertz CT molecular complexity index is 317. The van der Waals surface area contributed by atoms with E-state index >= 15 is 0 Å². The van der Waals surface area contributed by atoms with Crippen molar-refractivity contribution in [3.8, 4) is 0 Å². The van der Waals surface area contributed by atoms with Gasteiger partial charge in [-0.3, -0.25) is 4.98 Å². The first-order valence-electron chi connectivity index (χ1n) is 5.80. The third-order valence-electron chi connectivity index (χ3n) is 3.32. The number of rotatable bonds is 2. The average Bonchev–Trinajstić information content (AvgIpc) is 2.27. The monoisotopic (exact) mass is 189 g/mol. The highest BCUT2D eigenvalue weighted by atomic mass is 14.7. The molecule has 1 nitrogen and oxygen atoms in total. The quantitative estimate of drug-likeness (QED) is 0.694. The Hall–Kier alpha value is -0.850. The molecule has 1 atom stereocenters. The number of fused-ring (bicyclic) bond motifs is 1. The Morgan fingerprint density at radius 1 is 1.29 bits per heavy atom. The predicted molar refractivity (Wildman–Crippen MR) is 59.6 cm³/mol. The van der Waals surface area contributed by atoms with Crippen LogP contribution in [0.4, 0.5) is 0 Å². The van der Waals surface area contributed by atoms with Crippen LogP contribution in [0.2, 0.25) is 0 Å². The number of aromatic nitrogens is 1. The lowest BCUT2D eigenvalue weighted by molar-refractivity contribution is 0.645. The second kappa shape index (κ2) is 4.12. The summed E-state index contributed by atoms with van der Waals surface area (Å²) in [6.45, 7) is 4.49. The highest BCUT2D eigenvalue weighted by molar-refractivity contribution is 5.26. The summed E-state index contributed by atoms with van der Waals surface area (Å²) in [7, 11) is 0. The zero-order valence-electron chi connectivity index (χ0n) is 9.21. The third kappa shape index (κ3) is 1.82. The summed E-state index contributed by atoms with van der Waals surface area (Å²) in [6.07, 6.45) is 6.29. The molecule has 76 valence electrons. The van der Waals surface area contributed by atoms with Crippen LogP contribution < -0.4 is 0 Å². The maximum absolute atomic E-state index is 4.78. The molecule has 0 aromatic carbocycles. The Balaban J connectivity index is 2.29. The Kier molecular flexibility index (Phi) is 2.85. The molecule has 1 aliphatic rings. The largest absolute Gasteiger partial charge is 0.257 e. The molecule has 0 amide bonds. The molecule has 1 heteroatoms. The first-order chi connectivity index (χ1) is 6.81. The smallest absolute Gasteiger partial charge is 0.0438 e. The summed E-state index contributed by atoms with van der Waals surface area (Å²) in [5, 5.41) is 0. The summed E-state index contributed by atoms with van der Waals surface area (Å²) in [5.41, 5.74) is 4.14. The molecule has 0 saturated carbocycles. The lowest BCUT2D eigenvalue weighted by Gasteiger charge is -2.17. The fraction of sp³-hybridized carbons (Fsp3) is 0.615. The summed E-state index contributed by atoms with van der Waals surface area (Å²) >= 11 is 0. The Morgan fingerprint density at radius 3 is 2.86 bits per heavy atom.